The van der Waals surface area contributed by atoms with Crippen LogP contribution in [0.4, 0.5) is 5.69 Å². The Morgan fingerprint density at radius 2 is 2.00 bits per heavy atom. The lowest BCUT2D eigenvalue weighted by Gasteiger charge is -2.37. The molecule has 1 atom stereocenters. The lowest BCUT2D eigenvalue weighted by Crippen LogP contribution is -2.48. The normalized spacial score (nSPS) is 24.5. The number of fused-ring (bicyclic) bond motifs is 3. The summed E-state index contributed by atoms with van der Waals surface area (Å²) in [6.45, 7) is 6.87. The maximum Gasteiger partial charge on any atom is 0.149 e. The number of hydrogen-bond acceptors (Lipinski definition) is 4. The molecular formula is C18H27ClN2O2. The van der Waals surface area contributed by atoms with Gasteiger partial charge in [0.2, 0.25) is 0 Å². The first-order valence-corrected chi connectivity index (χ1v) is 8.11. The van der Waals surface area contributed by atoms with E-state index in [0.29, 0.717) is 6.42 Å². The summed E-state index contributed by atoms with van der Waals surface area (Å²) in [4.78, 5) is 6.99. The molecule has 0 aromatic heterocycles. The maximum atomic E-state index is 11.4. The zero-order chi connectivity index (χ0) is 15.8. The standard InChI is InChI=1S/C18H26N2O2.ClH/c1-17(2)12-19-16-18(21,10-6-7-11-22-3)14-8-4-5-9-15(14)20(16)13-17;/h4-5,8-9,21H,6-7,10-13H2,1-3H3;1H. The second-order valence-electron chi connectivity index (χ2n) is 7.22. The third kappa shape index (κ3) is 3.25. The molecule has 2 heterocycles. The summed E-state index contributed by atoms with van der Waals surface area (Å²) in [5.41, 5.74) is 1.31. The Labute approximate surface area is 145 Å². The Morgan fingerprint density at radius 3 is 2.74 bits per heavy atom. The first kappa shape index (κ1) is 18.2. The van der Waals surface area contributed by atoms with Crippen LogP contribution in [0.3, 0.4) is 0 Å². The van der Waals surface area contributed by atoms with E-state index in [0.717, 1.165) is 49.6 Å². The quantitative estimate of drug-likeness (QED) is 0.837. The van der Waals surface area contributed by atoms with E-state index in [4.69, 9.17) is 9.73 Å². The van der Waals surface area contributed by atoms with Gasteiger partial charge < -0.3 is 14.7 Å². The highest BCUT2D eigenvalue weighted by atomic mass is 35.5. The fraction of sp³-hybridized carbons (Fsp3) is 0.611. The van der Waals surface area contributed by atoms with Crippen LogP contribution in [0.2, 0.25) is 0 Å². The zero-order valence-electron chi connectivity index (χ0n) is 14.2. The molecule has 0 saturated carbocycles. The molecule has 0 bridgehead atoms. The summed E-state index contributed by atoms with van der Waals surface area (Å²) in [6, 6.07) is 8.18. The topological polar surface area (TPSA) is 45.1 Å². The van der Waals surface area contributed by atoms with Crippen molar-refractivity contribution in [1.82, 2.24) is 0 Å². The average molecular weight is 339 g/mol. The van der Waals surface area contributed by atoms with Gasteiger partial charge in [-0.1, -0.05) is 32.0 Å². The SMILES string of the molecule is COCCCCC1(O)C2=NCC(C)(C)CN2c2ccccc21.Cl. The second kappa shape index (κ2) is 6.80. The Bertz CT molecular complexity index is 588. The summed E-state index contributed by atoms with van der Waals surface area (Å²) in [5.74, 6) is 0.838. The van der Waals surface area contributed by atoms with Crippen molar-refractivity contribution in [3.63, 3.8) is 0 Å². The Morgan fingerprint density at radius 1 is 1.26 bits per heavy atom. The number of nitrogens with zero attached hydrogens (tertiary/aromatic N) is 2. The van der Waals surface area contributed by atoms with Gasteiger partial charge in [0, 0.05) is 43.5 Å². The van der Waals surface area contributed by atoms with Crippen molar-refractivity contribution >= 4 is 23.9 Å². The van der Waals surface area contributed by atoms with E-state index >= 15 is 0 Å². The van der Waals surface area contributed by atoms with Crippen molar-refractivity contribution in [2.75, 3.05) is 31.7 Å². The van der Waals surface area contributed by atoms with Crippen LogP contribution in [0, 0.1) is 5.41 Å². The van der Waals surface area contributed by atoms with Crippen LogP contribution in [0.1, 0.15) is 38.7 Å². The van der Waals surface area contributed by atoms with E-state index in [1.807, 2.05) is 18.2 Å². The number of unbranched alkanes of at least 4 members (excludes halogenated alkanes) is 1. The molecule has 128 valence electrons. The van der Waals surface area contributed by atoms with Crippen LogP contribution in [0.5, 0.6) is 0 Å². The zero-order valence-corrected chi connectivity index (χ0v) is 15.0. The molecule has 1 aromatic rings. The molecule has 5 heteroatoms. The van der Waals surface area contributed by atoms with Crippen molar-refractivity contribution in [2.24, 2.45) is 10.4 Å². The largest absolute Gasteiger partial charge is 0.385 e. The minimum Gasteiger partial charge on any atom is -0.385 e. The minimum absolute atomic E-state index is 0. The van der Waals surface area contributed by atoms with Gasteiger partial charge >= 0.3 is 0 Å². The molecule has 0 spiro atoms. The first-order chi connectivity index (χ1) is 10.5. The summed E-state index contributed by atoms with van der Waals surface area (Å²) >= 11 is 0. The molecule has 4 nitrogen and oxygen atoms in total. The van der Waals surface area contributed by atoms with E-state index in [1.54, 1.807) is 7.11 Å². The molecule has 1 unspecified atom stereocenters. The van der Waals surface area contributed by atoms with Crippen molar-refractivity contribution < 1.29 is 9.84 Å². The molecule has 0 radical (unpaired) electrons. The van der Waals surface area contributed by atoms with Crippen LogP contribution in [-0.2, 0) is 10.3 Å². The number of benzene rings is 1. The number of methoxy groups -OCH3 is 1. The molecule has 1 aromatic carbocycles. The fourth-order valence-electron chi connectivity index (χ4n) is 3.53. The molecule has 0 amide bonds. The summed E-state index contributed by atoms with van der Waals surface area (Å²) in [7, 11) is 1.72. The van der Waals surface area contributed by atoms with Crippen molar-refractivity contribution in [3.05, 3.63) is 29.8 Å². The van der Waals surface area contributed by atoms with Gasteiger partial charge in [-0.25, -0.2) is 0 Å². The van der Waals surface area contributed by atoms with E-state index in [2.05, 4.69) is 24.8 Å². The summed E-state index contributed by atoms with van der Waals surface area (Å²) in [6.07, 6.45) is 2.58. The number of para-hydroxylation sites is 1. The van der Waals surface area contributed by atoms with Gasteiger partial charge in [-0.2, -0.15) is 0 Å². The molecule has 2 aliphatic rings. The molecule has 1 N–H and O–H groups in total. The predicted molar refractivity (Wildman–Crippen MR) is 96.7 cm³/mol. The van der Waals surface area contributed by atoms with Gasteiger partial charge in [0.1, 0.15) is 11.4 Å². The number of ether oxygens (including phenoxy) is 1. The van der Waals surface area contributed by atoms with E-state index in [-0.39, 0.29) is 17.8 Å². The van der Waals surface area contributed by atoms with Crippen molar-refractivity contribution in [3.8, 4) is 0 Å². The fourth-order valence-corrected chi connectivity index (χ4v) is 3.53. The van der Waals surface area contributed by atoms with Crippen molar-refractivity contribution in [2.45, 2.75) is 38.7 Å². The maximum absolute atomic E-state index is 11.4. The minimum atomic E-state index is -0.944. The molecule has 0 fully saturated rings. The van der Waals surface area contributed by atoms with E-state index in [1.165, 1.54) is 0 Å². The number of anilines is 1. The van der Waals surface area contributed by atoms with Gasteiger partial charge in [0.05, 0.1) is 0 Å². The molecule has 2 aliphatic heterocycles. The van der Waals surface area contributed by atoms with Crippen LogP contribution >= 0.6 is 12.4 Å². The third-order valence-electron chi connectivity index (χ3n) is 4.65. The lowest BCUT2D eigenvalue weighted by atomic mass is 9.87. The smallest absolute Gasteiger partial charge is 0.149 e. The van der Waals surface area contributed by atoms with Crippen LogP contribution in [0.25, 0.3) is 0 Å². The van der Waals surface area contributed by atoms with Gasteiger partial charge in [0.25, 0.3) is 0 Å². The summed E-state index contributed by atoms with van der Waals surface area (Å²) < 4.78 is 5.12. The van der Waals surface area contributed by atoms with Crippen molar-refractivity contribution in [1.29, 1.82) is 0 Å². The molecule has 0 saturated heterocycles. The Kier molecular flexibility index (Phi) is 5.39. The van der Waals surface area contributed by atoms with Gasteiger partial charge in [-0.05, 0) is 25.3 Å². The molecular weight excluding hydrogens is 312 g/mol. The number of amidine groups is 1. The second-order valence-corrected chi connectivity index (χ2v) is 7.22. The van der Waals surface area contributed by atoms with Crippen LogP contribution < -0.4 is 4.90 Å². The molecule has 23 heavy (non-hydrogen) atoms. The summed E-state index contributed by atoms with van der Waals surface area (Å²) in [5, 5.41) is 11.4. The number of rotatable bonds is 5. The highest BCUT2D eigenvalue weighted by Gasteiger charge is 2.49. The monoisotopic (exact) mass is 338 g/mol. The highest BCUT2D eigenvalue weighted by molar-refractivity contribution is 6.10. The third-order valence-corrected chi connectivity index (χ3v) is 4.65. The Hall–Kier alpha value is -1.10. The number of aliphatic imine (C=N–C) groups is 1. The number of aliphatic hydroxyl groups is 1. The van der Waals surface area contributed by atoms with E-state index < -0.39 is 5.60 Å². The number of halogens is 1. The average Bonchev–Trinajstić information content (AvgIpc) is 2.73. The first-order valence-electron chi connectivity index (χ1n) is 8.11. The molecule has 3 rings (SSSR count). The van der Waals surface area contributed by atoms with Gasteiger partial charge in [-0.15, -0.1) is 12.4 Å². The highest BCUT2D eigenvalue weighted by Crippen LogP contribution is 2.46. The van der Waals surface area contributed by atoms with Crippen LogP contribution in [-0.4, -0.2) is 37.7 Å². The molecule has 0 aliphatic carbocycles. The Balaban J connectivity index is 0.00000192. The predicted octanol–water partition coefficient (Wildman–Crippen LogP) is 3.37. The van der Waals surface area contributed by atoms with Crippen LogP contribution in [0.15, 0.2) is 29.3 Å². The van der Waals surface area contributed by atoms with E-state index in [9.17, 15) is 5.11 Å². The lowest BCUT2D eigenvalue weighted by molar-refractivity contribution is 0.0952. The van der Waals surface area contributed by atoms with Gasteiger partial charge in [-0.3, -0.25) is 4.99 Å². The van der Waals surface area contributed by atoms with Gasteiger partial charge in [0.15, 0.2) is 0 Å². The number of hydrogen-bond donors (Lipinski definition) is 1.